The first-order valence-electron chi connectivity index (χ1n) is 6.40. The van der Waals surface area contributed by atoms with Crippen molar-refractivity contribution in [1.29, 1.82) is 0 Å². The number of rotatable bonds is 4. The number of pyridine rings is 1. The molecule has 0 spiro atoms. The summed E-state index contributed by atoms with van der Waals surface area (Å²) in [5.74, 6) is -1.17. The SMILES string of the molecule is C[C@H](NS(=O)(=O)c1ccc(F)cc1C(F)(F)F)c1ccncc1. The average molecular weight is 348 g/mol. The second-order valence-electron chi connectivity index (χ2n) is 4.76. The van der Waals surface area contributed by atoms with Gasteiger partial charge in [0.25, 0.3) is 0 Å². The van der Waals surface area contributed by atoms with E-state index in [0.717, 1.165) is 0 Å². The van der Waals surface area contributed by atoms with Crippen molar-refractivity contribution >= 4 is 10.0 Å². The Morgan fingerprint density at radius 3 is 2.30 bits per heavy atom. The highest BCUT2D eigenvalue weighted by Crippen LogP contribution is 2.35. The zero-order valence-electron chi connectivity index (χ0n) is 11.8. The van der Waals surface area contributed by atoms with Gasteiger partial charge in [0.05, 0.1) is 10.5 Å². The second-order valence-corrected chi connectivity index (χ2v) is 6.44. The van der Waals surface area contributed by atoms with Gasteiger partial charge in [0.1, 0.15) is 5.82 Å². The number of nitrogens with zero attached hydrogens (tertiary/aromatic N) is 1. The number of alkyl halides is 3. The molecule has 0 saturated heterocycles. The molecular formula is C14H12F4N2O2S. The summed E-state index contributed by atoms with van der Waals surface area (Å²) in [5, 5.41) is 0. The largest absolute Gasteiger partial charge is 0.417 e. The molecule has 0 radical (unpaired) electrons. The van der Waals surface area contributed by atoms with Crippen LogP contribution in [0.5, 0.6) is 0 Å². The topological polar surface area (TPSA) is 59.1 Å². The van der Waals surface area contributed by atoms with Crippen molar-refractivity contribution in [2.24, 2.45) is 0 Å². The maximum atomic E-state index is 13.1. The molecule has 0 bridgehead atoms. The molecule has 0 unspecified atom stereocenters. The molecule has 2 rings (SSSR count). The fourth-order valence-electron chi connectivity index (χ4n) is 1.97. The lowest BCUT2D eigenvalue weighted by molar-refractivity contribution is -0.140. The molecule has 1 aromatic heterocycles. The zero-order chi connectivity index (χ0) is 17.3. The van der Waals surface area contributed by atoms with Crippen LogP contribution < -0.4 is 4.72 Å². The Hall–Kier alpha value is -2.00. The van der Waals surface area contributed by atoms with E-state index in [0.29, 0.717) is 17.7 Å². The fraction of sp³-hybridized carbons (Fsp3) is 0.214. The molecule has 0 amide bonds. The quantitative estimate of drug-likeness (QED) is 0.863. The molecule has 1 N–H and O–H groups in total. The number of nitrogens with one attached hydrogen (secondary N) is 1. The molecule has 124 valence electrons. The third-order valence-corrected chi connectivity index (χ3v) is 4.67. The first-order chi connectivity index (χ1) is 10.6. The number of sulfonamides is 1. The number of halogens is 4. The van der Waals surface area contributed by atoms with Gasteiger partial charge in [-0.15, -0.1) is 0 Å². The Balaban J connectivity index is 2.41. The van der Waals surface area contributed by atoms with E-state index in [2.05, 4.69) is 9.71 Å². The van der Waals surface area contributed by atoms with E-state index in [4.69, 9.17) is 0 Å². The Kier molecular flexibility index (Phi) is 4.71. The number of hydrogen-bond donors (Lipinski definition) is 1. The van der Waals surface area contributed by atoms with Crippen molar-refractivity contribution in [2.45, 2.75) is 24.0 Å². The molecular weight excluding hydrogens is 336 g/mol. The summed E-state index contributed by atoms with van der Waals surface area (Å²) in [5.41, 5.74) is -1.02. The van der Waals surface area contributed by atoms with Gasteiger partial charge in [-0.05, 0) is 42.8 Å². The van der Waals surface area contributed by atoms with Crippen LogP contribution in [-0.4, -0.2) is 13.4 Å². The van der Waals surface area contributed by atoms with Gasteiger partial charge in [-0.3, -0.25) is 4.98 Å². The van der Waals surface area contributed by atoms with Gasteiger partial charge in [0, 0.05) is 18.4 Å². The monoisotopic (exact) mass is 348 g/mol. The number of benzene rings is 1. The lowest BCUT2D eigenvalue weighted by atomic mass is 10.1. The highest BCUT2D eigenvalue weighted by molar-refractivity contribution is 7.89. The first kappa shape index (κ1) is 17.4. The van der Waals surface area contributed by atoms with E-state index in [-0.39, 0.29) is 6.07 Å². The lowest BCUT2D eigenvalue weighted by Gasteiger charge is -2.17. The van der Waals surface area contributed by atoms with Crippen LogP contribution >= 0.6 is 0 Å². The predicted molar refractivity (Wildman–Crippen MR) is 74.4 cm³/mol. The Labute approximate surface area is 130 Å². The van der Waals surface area contributed by atoms with Crippen LogP contribution in [-0.2, 0) is 16.2 Å². The Morgan fingerprint density at radius 2 is 1.74 bits per heavy atom. The Bertz CT molecular complexity index is 792. The normalized spacial score (nSPS) is 13.8. The first-order valence-corrected chi connectivity index (χ1v) is 7.88. The summed E-state index contributed by atoms with van der Waals surface area (Å²) >= 11 is 0. The van der Waals surface area contributed by atoms with Crippen LogP contribution in [0.2, 0.25) is 0 Å². The standard InChI is InChI=1S/C14H12F4N2O2S/c1-9(10-4-6-19-7-5-10)20-23(21,22)13-3-2-11(15)8-12(13)14(16,17)18/h2-9,20H,1H3/t9-/m0/s1. The summed E-state index contributed by atoms with van der Waals surface area (Å²) in [6, 6.07) is 3.70. The van der Waals surface area contributed by atoms with E-state index in [1.54, 1.807) is 0 Å². The van der Waals surface area contributed by atoms with Gasteiger partial charge in [-0.1, -0.05) is 0 Å². The summed E-state index contributed by atoms with van der Waals surface area (Å²) in [6.07, 6.45) is -2.13. The molecule has 9 heteroatoms. The minimum atomic E-state index is -4.99. The zero-order valence-corrected chi connectivity index (χ0v) is 12.6. The molecule has 1 heterocycles. The summed E-state index contributed by atoms with van der Waals surface area (Å²) in [6.45, 7) is 1.48. The van der Waals surface area contributed by atoms with Crippen molar-refractivity contribution in [3.05, 3.63) is 59.7 Å². The van der Waals surface area contributed by atoms with Crippen LogP contribution in [0.4, 0.5) is 17.6 Å². The lowest BCUT2D eigenvalue weighted by Crippen LogP contribution is -2.29. The van der Waals surface area contributed by atoms with E-state index >= 15 is 0 Å². The molecule has 1 atom stereocenters. The second kappa shape index (κ2) is 6.25. The van der Waals surface area contributed by atoms with Crippen molar-refractivity contribution in [3.63, 3.8) is 0 Å². The number of hydrogen-bond acceptors (Lipinski definition) is 3. The van der Waals surface area contributed by atoms with Crippen LogP contribution in [0.25, 0.3) is 0 Å². The van der Waals surface area contributed by atoms with E-state index in [9.17, 15) is 26.0 Å². The van der Waals surface area contributed by atoms with Gasteiger partial charge < -0.3 is 0 Å². The maximum absolute atomic E-state index is 13.1. The predicted octanol–water partition coefficient (Wildman–Crippen LogP) is 3.28. The van der Waals surface area contributed by atoms with E-state index < -0.39 is 38.5 Å². The van der Waals surface area contributed by atoms with Gasteiger partial charge in [0.2, 0.25) is 10.0 Å². The third kappa shape index (κ3) is 4.05. The Morgan fingerprint density at radius 1 is 1.13 bits per heavy atom. The van der Waals surface area contributed by atoms with Crippen molar-refractivity contribution in [2.75, 3.05) is 0 Å². The highest BCUT2D eigenvalue weighted by Gasteiger charge is 2.38. The molecule has 0 aliphatic rings. The van der Waals surface area contributed by atoms with Crippen LogP contribution in [0.1, 0.15) is 24.1 Å². The third-order valence-electron chi connectivity index (χ3n) is 3.07. The fourth-order valence-corrected chi connectivity index (χ4v) is 3.41. The maximum Gasteiger partial charge on any atom is 0.417 e. The van der Waals surface area contributed by atoms with E-state index in [1.165, 1.54) is 31.5 Å². The smallest absolute Gasteiger partial charge is 0.265 e. The molecule has 4 nitrogen and oxygen atoms in total. The van der Waals surface area contributed by atoms with Gasteiger partial charge in [-0.25, -0.2) is 17.5 Å². The average Bonchev–Trinajstić information content (AvgIpc) is 2.46. The minimum Gasteiger partial charge on any atom is -0.265 e. The van der Waals surface area contributed by atoms with Gasteiger partial charge >= 0.3 is 6.18 Å². The number of aromatic nitrogens is 1. The molecule has 23 heavy (non-hydrogen) atoms. The molecule has 0 aliphatic heterocycles. The van der Waals surface area contributed by atoms with E-state index in [1.807, 2.05) is 0 Å². The molecule has 0 aliphatic carbocycles. The summed E-state index contributed by atoms with van der Waals surface area (Å²) < 4.78 is 78.6. The van der Waals surface area contributed by atoms with Crippen molar-refractivity contribution < 1.29 is 26.0 Å². The molecule has 0 saturated carbocycles. The summed E-state index contributed by atoms with van der Waals surface area (Å²) in [7, 11) is -4.50. The van der Waals surface area contributed by atoms with Crippen LogP contribution in [0, 0.1) is 5.82 Å². The van der Waals surface area contributed by atoms with Gasteiger partial charge in [0.15, 0.2) is 0 Å². The minimum absolute atomic E-state index is 0.158. The van der Waals surface area contributed by atoms with Crippen LogP contribution in [0.3, 0.4) is 0 Å². The molecule has 0 fully saturated rings. The summed E-state index contributed by atoms with van der Waals surface area (Å²) in [4.78, 5) is 2.75. The van der Waals surface area contributed by atoms with Crippen molar-refractivity contribution in [3.8, 4) is 0 Å². The van der Waals surface area contributed by atoms with Crippen molar-refractivity contribution in [1.82, 2.24) is 9.71 Å². The molecule has 2 aromatic rings. The molecule has 1 aromatic carbocycles. The van der Waals surface area contributed by atoms with Crippen LogP contribution in [0.15, 0.2) is 47.6 Å². The highest BCUT2D eigenvalue weighted by atomic mass is 32.2. The van der Waals surface area contributed by atoms with Gasteiger partial charge in [-0.2, -0.15) is 13.2 Å².